The minimum Gasteiger partial charge on any atom is -0.480 e. The molecule has 0 aliphatic rings. The monoisotopic (exact) mass is 322 g/mol. The second-order valence-corrected chi connectivity index (χ2v) is 6.29. The number of carboxylic acid groups (broad SMARTS) is 1. The second kappa shape index (κ2) is 6.89. The number of fused-ring (bicyclic) bond motifs is 1. The molecular weight excluding hydrogens is 300 g/mol. The van der Waals surface area contributed by atoms with E-state index in [-0.39, 0.29) is 0 Å². The van der Waals surface area contributed by atoms with Crippen molar-refractivity contribution in [3.63, 3.8) is 0 Å². The molecule has 0 radical (unpaired) electrons. The van der Waals surface area contributed by atoms with E-state index in [1.54, 1.807) is 0 Å². The Morgan fingerprint density at radius 1 is 1.08 bits per heavy atom. The Bertz CT molecular complexity index is 867. The van der Waals surface area contributed by atoms with Crippen molar-refractivity contribution in [2.45, 2.75) is 32.9 Å². The highest BCUT2D eigenvalue weighted by molar-refractivity contribution is 5.80. The number of carboxylic acids is 1. The Labute approximate surface area is 141 Å². The molecule has 0 fully saturated rings. The summed E-state index contributed by atoms with van der Waals surface area (Å²) in [5.74, 6) is -0.823. The molecule has 2 aromatic carbocycles. The van der Waals surface area contributed by atoms with Gasteiger partial charge in [-0.15, -0.1) is 0 Å². The molecule has 1 aromatic heterocycles. The summed E-state index contributed by atoms with van der Waals surface area (Å²) in [6.45, 7) is 4.64. The summed E-state index contributed by atoms with van der Waals surface area (Å²) in [5, 5.41) is 13.8. The van der Waals surface area contributed by atoms with E-state index in [2.05, 4.69) is 29.4 Å². The number of aryl methyl sites for hydroxylation is 2. The van der Waals surface area contributed by atoms with Crippen LogP contribution in [0.15, 0.2) is 48.7 Å². The smallest absolute Gasteiger partial charge is 0.321 e. The average Bonchev–Trinajstić information content (AvgIpc) is 3.02. The van der Waals surface area contributed by atoms with Gasteiger partial charge in [-0.2, -0.15) is 0 Å². The molecule has 24 heavy (non-hydrogen) atoms. The number of rotatable bonds is 6. The molecule has 3 rings (SSSR count). The molecule has 0 amide bonds. The fraction of sp³-hybridized carbons (Fsp3) is 0.250. The summed E-state index contributed by atoms with van der Waals surface area (Å²) in [6.07, 6.45) is 2.38. The van der Waals surface area contributed by atoms with E-state index in [0.29, 0.717) is 13.0 Å². The summed E-state index contributed by atoms with van der Waals surface area (Å²) >= 11 is 0. The Morgan fingerprint density at radius 2 is 1.88 bits per heavy atom. The quantitative estimate of drug-likeness (QED) is 0.650. The van der Waals surface area contributed by atoms with Crippen LogP contribution in [0.5, 0.6) is 0 Å². The maximum Gasteiger partial charge on any atom is 0.321 e. The number of carbonyl (C=O) groups is 1. The summed E-state index contributed by atoms with van der Waals surface area (Å²) in [5.41, 5.74) is 5.61. The van der Waals surface area contributed by atoms with Gasteiger partial charge in [-0.3, -0.25) is 4.79 Å². The van der Waals surface area contributed by atoms with Gasteiger partial charge in [-0.05, 0) is 66.1 Å². The molecule has 1 unspecified atom stereocenters. The zero-order chi connectivity index (χ0) is 17.1. The van der Waals surface area contributed by atoms with Gasteiger partial charge in [0.25, 0.3) is 0 Å². The highest BCUT2D eigenvalue weighted by Gasteiger charge is 2.17. The first-order valence-electron chi connectivity index (χ1n) is 8.11. The molecule has 0 saturated heterocycles. The third kappa shape index (κ3) is 3.66. The van der Waals surface area contributed by atoms with Gasteiger partial charge in [0.05, 0.1) is 0 Å². The van der Waals surface area contributed by atoms with Crippen LogP contribution in [0.3, 0.4) is 0 Å². The Morgan fingerprint density at radius 3 is 2.62 bits per heavy atom. The lowest BCUT2D eigenvalue weighted by Gasteiger charge is -2.15. The van der Waals surface area contributed by atoms with E-state index in [0.717, 1.165) is 22.0 Å². The van der Waals surface area contributed by atoms with Gasteiger partial charge in [0.2, 0.25) is 0 Å². The molecular formula is C20H22N2O2. The van der Waals surface area contributed by atoms with Crippen molar-refractivity contribution in [2.75, 3.05) is 0 Å². The van der Waals surface area contributed by atoms with Crippen LogP contribution in [-0.4, -0.2) is 22.1 Å². The molecule has 0 saturated carbocycles. The zero-order valence-corrected chi connectivity index (χ0v) is 14.0. The van der Waals surface area contributed by atoms with Gasteiger partial charge in [-0.1, -0.05) is 24.3 Å². The third-order valence-electron chi connectivity index (χ3n) is 4.48. The van der Waals surface area contributed by atoms with Gasteiger partial charge in [0.15, 0.2) is 0 Å². The van der Waals surface area contributed by atoms with Crippen LogP contribution in [0.4, 0.5) is 0 Å². The van der Waals surface area contributed by atoms with Gasteiger partial charge < -0.3 is 15.4 Å². The van der Waals surface area contributed by atoms with E-state index in [1.807, 2.05) is 43.5 Å². The van der Waals surface area contributed by atoms with Crippen molar-refractivity contribution in [1.82, 2.24) is 10.3 Å². The van der Waals surface area contributed by atoms with Crippen LogP contribution in [0.1, 0.15) is 22.3 Å². The average molecular weight is 322 g/mol. The largest absolute Gasteiger partial charge is 0.480 e. The lowest BCUT2D eigenvalue weighted by molar-refractivity contribution is -0.139. The number of aromatic nitrogens is 1. The van der Waals surface area contributed by atoms with E-state index >= 15 is 0 Å². The predicted octanol–water partition coefficient (Wildman–Crippen LogP) is 3.57. The van der Waals surface area contributed by atoms with Gasteiger partial charge >= 0.3 is 5.97 Å². The molecule has 3 N–H and O–H groups in total. The van der Waals surface area contributed by atoms with Gasteiger partial charge in [0, 0.05) is 18.3 Å². The molecule has 4 heteroatoms. The standard InChI is InChI=1S/C20H22N2O2/c1-13-3-4-15(9-14(13)2)11-19(20(23)24)22-12-16-5-6-18-17(10-16)7-8-21-18/h3-10,19,21-22H,11-12H2,1-2H3,(H,23,24). The summed E-state index contributed by atoms with van der Waals surface area (Å²) in [4.78, 5) is 14.7. The molecule has 124 valence electrons. The molecule has 1 atom stereocenters. The van der Waals surface area contributed by atoms with Crippen LogP contribution in [0, 0.1) is 13.8 Å². The van der Waals surface area contributed by atoms with E-state index < -0.39 is 12.0 Å². The number of aromatic amines is 1. The normalized spacial score (nSPS) is 12.4. The highest BCUT2D eigenvalue weighted by atomic mass is 16.4. The number of nitrogens with one attached hydrogen (secondary N) is 2. The van der Waals surface area contributed by atoms with Crippen LogP contribution in [0.2, 0.25) is 0 Å². The predicted molar refractivity (Wildman–Crippen MR) is 96.2 cm³/mol. The maximum absolute atomic E-state index is 11.6. The molecule has 3 aromatic rings. The highest BCUT2D eigenvalue weighted by Crippen LogP contribution is 2.15. The lowest BCUT2D eigenvalue weighted by atomic mass is 10.0. The first-order chi connectivity index (χ1) is 11.5. The van der Waals surface area contributed by atoms with Crippen LogP contribution >= 0.6 is 0 Å². The second-order valence-electron chi connectivity index (χ2n) is 6.29. The first-order valence-corrected chi connectivity index (χ1v) is 8.11. The minimum atomic E-state index is -0.823. The van der Waals surface area contributed by atoms with E-state index in [4.69, 9.17) is 0 Å². The topological polar surface area (TPSA) is 65.1 Å². The Hall–Kier alpha value is -2.59. The molecule has 0 aliphatic heterocycles. The molecule has 1 heterocycles. The third-order valence-corrected chi connectivity index (χ3v) is 4.48. The number of hydrogen-bond donors (Lipinski definition) is 3. The number of H-pyrrole nitrogens is 1. The van der Waals surface area contributed by atoms with Crippen molar-refractivity contribution < 1.29 is 9.90 Å². The zero-order valence-electron chi connectivity index (χ0n) is 14.0. The van der Waals surface area contributed by atoms with Crippen molar-refractivity contribution in [3.05, 3.63) is 70.9 Å². The minimum absolute atomic E-state index is 0.475. The fourth-order valence-electron chi connectivity index (χ4n) is 2.87. The maximum atomic E-state index is 11.6. The molecule has 4 nitrogen and oxygen atoms in total. The van der Waals surface area contributed by atoms with Crippen LogP contribution in [0.25, 0.3) is 10.9 Å². The van der Waals surface area contributed by atoms with E-state index in [1.165, 1.54) is 11.1 Å². The number of hydrogen-bond acceptors (Lipinski definition) is 2. The van der Waals surface area contributed by atoms with E-state index in [9.17, 15) is 9.90 Å². The van der Waals surface area contributed by atoms with Crippen LogP contribution in [-0.2, 0) is 17.8 Å². The SMILES string of the molecule is Cc1ccc(CC(NCc2ccc3[nH]ccc3c2)C(=O)O)cc1C. The number of benzene rings is 2. The van der Waals surface area contributed by atoms with Gasteiger partial charge in [-0.25, -0.2) is 0 Å². The Kier molecular flexibility index (Phi) is 4.67. The molecule has 0 spiro atoms. The molecule has 0 aliphatic carbocycles. The molecule has 0 bridgehead atoms. The van der Waals surface area contributed by atoms with Crippen molar-refractivity contribution >= 4 is 16.9 Å². The summed E-state index contributed by atoms with van der Waals surface area (Å²) < 4.78 is 0. The number of aliphatic carboxylic acids is 1. The first kappa shape index (κ1) is 16.3. The van der Waals surface area contributed by atoms with Gasteiger partial charge in [0.1, 0.15) is 6.04 Å². The van der Waals surface area contributed by atoms with Crippen molar-refractivity contribution in [1.29, 1.82) is 0 Å². The fourth-order valence-corrected chi connectivity index (χ4v) is 2.87. The summed E-state index contributed by atoms with van der Waals surface area (Å²) in [6, 6.07) is 13.6. The van der Waals surface area contributed by atoms with Crippen molar-refractivity contribution in [3.8, 4) is 0 Å². The Balaban J connectivity index is 1.69. The lowest BCUT2D eigenvalue weighted by Crippen LogP contribution is -2.38. The summed E-state index contributed by atoms with van der Waals surface area (Å²) in [7, 11) is 0. The van der Waals surface area contributed by atoms with Crippen LogP contribution < -0.4 is 5.32 Å². The van der Waals surface area contributed by atoms with Crippen molar-refractivity contribution in [2.24, 2.45) is 0 Å².